The average Bonchev–Trinajstić information content (AvgIpc) is 2.21. The molecular weight excluding hydrogens is 174 g/mol. The third-order valence-corrected chi connectivity index (χ3v) is 3.12. The number of rotatable bonds is 5. The number of aliphatic hydroxyl groups excluding tert-OH is 1. The molecule has 2 N–H and O–H groups in total. The fourth-order valence-corrected chi connectivity index (χ4v) is 1.93. The van der Waals surface area contributed by atoms with Crippen LogP contribution in [0.3, 0.4) is 0 Å². The van der Waals surface area contributed by atoms with Gasteiger partial charge in [0.25, 0.3) is 0 Å². The molecule has 0 saturated heterocycles. The molecule has 0 spiro atoms. The Hall–Kier alpha value is -0.340. The van der Waals surface area contributed by atoms with Gasteiger partial charge in [0.15, 0.2) is 0 Å². The molecule has 0 aromatic carbocycles. The second kappa shape index (κ2) is 6.20. The van der Waals surface area contributed by atoms with Gasteiger partial charge in [-0.15, -0.1) is 0 Å². The molecular formula is C12H23NO. The fourth-order valence-electron chi connectivity index (χ4n) is 1.93. The van der Waals surface area contributed by atoms with Crippen LogP contribution in [0.1, 0.15) is 39.0 Å². The summed E-state index contributed by atoms with van der Waals surface area (Å²) in [5.74, 6) is 0.767. The molecule has 2 nitrogen and oxygen atoms in total. The molecule has 0 aromatic rings. The Kier molecular flexibility index (Phi) is 5.20. The van der Waals surface area contributed by atoms with E-state index in [9.17, 15) is 5.11 Å². The van der Waals surface area contributed by atoms with E-state index in [2.05, 4.69) is 18.8 Å². The first-order valence-corrected chi connectivity index (χ1v) is 5.77. The van der Waals surface area contributed by atoms with Crippen LogP contribution >= 0.6 is 0 Å². The Labute approximate surface area is 87.4 Å². The molecule has 0 aromatic heterocycles. The minimum atomic E-state index is -0.0307. The van der Waals surface area contributed by atoms with Gasteiger partial charge in [0.05, 0.1) is 6.10 Å². The maximum atomic E-state index is 9.34. The summed E-state index contributed by atoms with van der Waals surface area (Å²) in [6.07, 6.45) is 5.36. The van der Waals surface area contributed by atoms with E-state index in [-0.39, 0.29) is 6.10 Å². The maximum Gasteiger partial charge on any atom is 0.0540 e. The molecule has 0 atom stereocenters. The lowest BCUT2D eigenvalue weighted by Gasteiger charge is -2.25. The Morgan fingerprint density at radius 1 is 1.36 bits per heavy atom. The van der Waals surface area contributed by atoms with Gasteiger partial charge in [0.2, 0.25) is 0 Å². The maximum absolute atomic E-state index is 9.34. The molecule has 0 aliphatic heterocycles. The number of nitrogens with one attached hydrogen (secondary N) is 1. The monoisotopic (exact) mass is 197 g/mol. The van der Waals surface area contributed by atoms with E-state index in [0.29, 0.717) is 0 Å². The van der Waals surface area contributed by atoms with Crippen molar-refractivity contribution in [3.05, 3.63) is 12.2 Å². The van der Waals surface area contributed by atoms with Gasteiger partial charge in [-0.05, 0) is 44.6 Å². The van der Waals surface area contributed by atoms with Crippen molar-refractivity contribution in [2.24, 2.45) is 5.92 Å². The average molecular weight is 197 g/mol. The third kappa shape index (κ3) is 4.25. The Balaban J connectivity index is 2.04. The van der Waals surface area contributed by atoms with Crippen molar-refractivity contribution in [2.75, 3.05) is 13.1 Å². The minimum Gasteiger partial charge on any atom is -0.393 e. The number of hydrogen-bond donors (Lipinski definition) is 2. The molecule has 0 amide bonds. The molecule has 1 fully saturated rings. The van der Waals surface area contributed by atoms with Gasteiger partial charge in [0.1, 0.15) is 0 Å². The molecule has 1 rings (SSSR count). The lowest BCUT2D eigenvalue weighted by atomic mass is 9.87. The van der Waals surface area contributed by atoms with Gasteiger partial charge in [-0.25, -0.2) is 0 Å². The van der Waals surface area contributed by atoms with Crippen LogP contribution in [-0.4, -0.2) is 24.3 Å². The van der Waals surface area contributed by atoms with Gasteiger partial charge < -0.3 is 10.4 Å². The summed E-state index contributed by atoms with van der Waals surface area (Å²) in [6.45, 7) is 8.15. The molecule has 2 heteroatoms. The van der Waals surface area contributed by atoms with Crippen LogP contribution in [0, 0.1) is 5.92 Å². The van der Waals surface area contributed by atoms with Crippen molar-refractivity contribution in [3.8, 4) is 0 Å². The summed E-state index contributed by atoms with van der Waals surface area (Å²) in [5, 5.41) is 12.8. The highest BCUT2D eigenvalue weighted by Crippen LogP contribution is 2.23. The minimum absolute atomic E-state index is 0.0307. The standard InChI is InChI=1S/C12H23NO/c1-3-10(2)8-13-9-11-4-6-12(14)7-5-11/h11-14H,2-9H2,1H3. The van der Waals surface area contributed by atoms with Crippen LogP contribution in [-0.2, 0) is 0 Å². The van der Waals surface area contributed by atoms with Crippen LogP contribution in [0.5, 0.6) is 0 Å². The zero-order valence-corrected chi connectivity index (χ0v) is 9.26. The quantitative estimate of drug-likeness (QED) is 0.661. The number of hydrogen-bond acceptors (Lipinski definition) is 2. The Morgan fingerprint density at radius 3 is 2.57 bits per heavy atom. The molecule has 82 valence electrons. The summed E-state index contributed by atoms with van der Waals surface area (Å²) in [4.78, 5) is 0. The number of aliphatic hydroxyl groups is 1. The zero-order valence-electron chi connectivity index (χ0n) is 9.26. The second-order valence-corrected chi connectivity index (χ2v) is 4.41. The predicted octanol–water partition coefficient (Wildman–Crippen LogP) is 2.09. The van der Waals surface area contributed by atoms with Gasteiger partial charge in [-0.2, -0.15) is 0 Å². The van der Waals surface area contributed by atoms with E-state index in [0.717, 1.165) is 38.3 Å². The van der Waals surface area contributed by atoms with Gasteiger partial charge in [-0.3, -0.25) is 0 Å². The smallest absolute Gasteiger partial charge is 0.0540 e. The molecule has 1 saturated carbocycles. The molecule has 0 heterocycles. The van der Waals surface area contributed by atoms with E-state index < -0.39 is 0 Å². The second-order valence-electron chi connectivity index (χ2n) is 4.41. The van der Waals surface area contributed by atoms with E-state index in [1.807, 2.05) is 0 Å². The molecule has 0 radical (unpaired) electrons. The van der Waals surface area contributed by atoms with Gasteiger partial charge >= 0.3 is 0 Å². The van der Waals surface area contributed by atoms with E-state index in [1.165, 1.54) is 18.4 Å². The van der Waals surface area contributed by atoms with Crippen molar-refractivity contribution >= 4 is 0 Å². The topological polar surface area (TPSA) is 32.3 Å². The van der Waals surface area contributed by atoms with Crippen LogP contribution in [0.15, 0.2) is 12.2 Å². The normalized spacial score (nSPS) is 27.6. The first kappa shape index (κ1) is 11.7. The van der Waals surface area contributed by atoms with E-state index >= 15 is 0 Å². The van der Waals surface area contributed by atoms with Gasteiger partial charge in [0, 0.05) is 6.54 Å². The Bertz CT molecular complexity index is 171. The SMILES string of the molecule is C=C(CC)CNCC1CCC(O)CC1. The first-order chi connectivity index (χ1) is 6.72. The lowest BCUT2D eigenvalue weighted by molar-refractivity contribution is 0.108. The summed E-state index contributed by atoms with van der Waals surface area (Å²) < 4.78 is 0. The fraction of sp³-hybridized carbons (Fsp3) is 0.833. The van der Waals surface area contributed by atoms with Crippen LogP contribution in [0.2, 0.25) is 0 Å². The van der Waals surface area contributed by atoms with Crippen LogP contribution in [0.4, 0.5) is 0 Å². The van der Waals surface area contributed by atoms with Crippen LogP contribution in [0.25, 0.3) is 0 Å². The highest BCUT2D eigenvalue weighted by molar-refractivity contribution is 4.95. The molecule has 1 aliphatic rings. The van der Waals surface area contributed by atoms with E-state index in [4.69, 9.17) is 0 Å². The summed E-state index contributed by atoms with van der Waals surface area (Å²) in [5.41, 5.74) is 1.28. The summed E-state index contributed by atoms with van der Waals surface area (Å²) in [6, 6.07) is 0. The highest BCUT2D eigenvalue weighted by Gasteiger charge is 2.18. The predicted molar refractivity (Wildman–Crippen MR) is 60.3 cm³/mol. The molecule has 0 bridgehead atoms. The van der Waals surface area contributed by atoms with Crippen molar-refractivity contribution in [1.82, 2.24) is 5.32 Å². The molecule has 0 unspecified atom stereocenters. The first-order valence-electron chi connectivity index (χ1n) is 5.77. The Morgan fingerprint density at radius 2 is 2.00 bits per heavy atom. The van der Waals surface area contributed by atoms with Crippen molar-refractivity contribution in [3.63, 3.8) is 0 Å². The van der Waals surface area contributed by atoms with Gasteiger partial charge in [-0.1, -0.05) is 19.1 Å². The third-order valence-electron chi connectivity index (χ3n) is 3.12. The zero-order chi connectivity index (χ0) is 10.4. The largest absolute Gasteiger partial charge is 0.393 e. The highest BCUT2D eigenvalue weighted by atomic mass is 16.3. The van der Waals surface area contributed by atoms with E-state index in [1.54, 1.807) is 0 Å². The molecule has 1 aliphatic carbocycles. The summed E-state index contributed by atoms with van der Waals surface area (Å²) in [7, 11) is 0. The van der Waals surface area contributed by atoms with Crippen molar-refractivity contribution in [1.29, 1.82) is 0 Å². The summed E-state index contributed by atoms with van der Waals surface area (Å²) >= 11 is 0. The molecule has 14 heavy (non-hydrogen) atoms. The van der Waals surface area contributed by atoms with Crippen molar-refractivity contribution < 1.29 is 5.11 Å². The lowest BCUT2D eigenvalue weighted by Crippen LogP contribution is -2.28. The van der Waals surface area contributed by atoms with Crippen LogP contribution < -0.4 is 5.32 Å². The van der Waals surface area contributed by atoms with Crippen molar-refractivity contribution in [2.45, 2.75) is 45.1 Å².